The summed E-state index contributed by atoms with van der Waals surface area (Å²) in [7, 11) is -3.19. The van der Waals surface area contributed by atoms with Gasteiger partial charge in [-0.3, -0.25) is 0 Å². The normalized spacial score (nSPS) is 12.5. The molecule has 0 saturated carbocycles. The third-order valence-electron chi connectivity index (χ3n) is 2.14. The molecule has 1 aromatic rings. The Balaban J connectivity index is 3.22. The van der Waals surface area contributed by atoms with Crippen molar-refractivity contribution in [3.05, 3.63) is 27.8 Å². The number of hydrogen-bond donors (Lipinski definition) is 0. The first-order chi connectivity index (χ1) is 7.61. The van der Waals surface area contributed by atoms with Gasteiger partial charge in [0.15, 0.2) is 0 Å². The number of rotatable bonds is 4. The van der Waals surface area contributed by atoms with Crippen molar-refractivity contribution in [3.8, 4) is 0 Å². The van der Waals surface area contributed by atoms with Crippen molar-refractivity contribution in [1.29, 1.82) is 0 Å². The molecule has 0 atom stereocenters. The van der Waals surface area contributed by atoms with Gasteiger partial charge in [0, 0.05) is 0 Å². The molecule has 0 saturated heterocycles. The van der Waals surface area contributed by atoms with E-state index in [1.165, 1.54) is 6.26 Å². The minimum absolute atomic E-state index is 0.688. The van der Waals surface area contributed by atoms with Gasteiger partial charge in [-0.25, -0.2) is 0 Å². The summed E-state index contributed by atoms with van der Waals surface area (Å²) in [5.41, 5.74) is 0.808. The average Bonchev–Trinajstić information content (AvgIpc) is 2.12. The van der Waals surface area contributed by atoms with Crippen molar-refractivity contribution >= 4 is 56.7 Å². The van der Waals surface area contributed by atoms with Gasteiger partial charge in [-0.15, -0.1) is 0 Å². The molecule has 0 spiro atoms. The SMILES string of the molecule is CS(=O)(=O)N([CH2][Sn]([CH3])([CH3])[CH3])c1ccccc1I. The fourth-order valence-electron chi connectivity index (χ4n) is 1.47. The van der Waals surface area contributed by atoms with Crippen molar-refractivity contribution < 1.29 is 8.42 Å². The van der Waals surface area contributed by atoms with Crippen molar-refractivity contribution in [1.82, 2.24) is 0 Å². The van der Waals surface area contributed by atoms with E-state index in [0.717, 1.165) is 9.26 Å². The van der Waals surface area contributed by atoms with E-state index in [1.807, 2.05) is 24.3 Å². The molecule has 3 nitrogen and oxygen atoms in total. The van der Waals surface area contributed by atoms with Crippen molar-refractivity contribution in [2.75, 3.05) is 15.1 Å². The van der Waals surface area contributed by atoms with E-state index < -0.39 is 28.4 Å². The van der Waals surface area contributed by atoms with E-state index in [9.17, 15) is 8.42 Å². The Labute approximate surface area is 122 Å². The Morgan fingerprint density at radius 3 is 2.18 bits per heavy atom. The first-order valence-corrected chi connectivity index (χ1v) is 18.8. The van der Waals surface area contributed by atoms with Gasteiger partial charge in [-0.1, -0.05) is 0 Å². The van der Waals surface area contributed by atoms with Crippen LogP contribution in [-0.4, -0.2) is 37.6 Å². The number of nitrogens with zero attached hydrogens (tertiary/aromatic N) is 1. The number of halogens is 1. The summed E-state index contributed by atoms with van der Waals surface area (Å²) in [4.78, 5) is 6.72. The first-order valence-electron chi connectivity index (χ1n) is 5.33. The third kappa shape index (κ3) is 4.94. The zero-order chi connectivity index (χ0) is 13.3. The number of sulfonamides is 1. The molecule has 0 amide bonds. The molecule has 0 aliphatic rings. The van der Waals surface area contributed by atoms with Gasteiger partial charge in [-0.05, 0) is 0 Å². The van der Waals surface area contributed by atoms with E-state index in [4.69, 9.17) is 0 Å². The quantitative estimate of drug-likeness (QED) is 0.498. The number of benzene rings is 1. The summed E-state index contributed by atoms with van der Waals surface area (Å²) in [6.45, 7) is 0. The molecule has 0 aliphatic carbocycles. The molecular formula is C11H18INO2SSn. The second kappa shape index (κ2) is 5.64. The fraction of sp³-hybridized carbons (Fsp3) is 0.455. The predicted molar refractivity (Wildman–Crippen MR) is 84.7 cm³/mol. The Morgan fingerprint density at radius 2 is 1.76 bits per heavy atom. The van der Waals surface area contributed by atoms with Gasteiger partial charge in [-0.2, -0.15) is 0 Å². The van der Waals surface area contributed by atoms with Crippen molar-refractivity contribution in [2.24, 2.45) is 0 Å². The molecule has 0 radical (unpaired) electrons. The molecule has 0 aromatic heterocycles. The summed E-state index contributed by atoms with van der Waals surface area (Å²) in [5.74, 6) is 0. The van der Waals surface area contributed by atoms with Crippen LogP contribution in [0.4, 0.5) is 5.69 Å². The Bertz CT molecular complexity index is 496. The summed E-state index contributed by atoms with van der Waals surface area (Å²) >= 11 is -0.0305. The van der Waals surface area contributed by atoms with Crippen LogP contribution in [0.2, 0.25) is 14.8 Å². The van der Waals surface area contributed by atoms with E-state index in [0.29, 0.717) is 4.56 Å². The van der Waals surface area contributed by atoms with Crippen LogP contribution in [0.1, 0.15) is 0 Å². The molecule has 0 aliphatic heterocycles. The maximum absolute atomic E-state index is 11.9. The van der Waals surface area contributed by atoms with Gasteiger partial charge in [0.25, 0.3) is 0 Å². The van der Waals surface area contributed by atoms with Crippen LogP contribution in [0.25, 0.3) is 0 Å². The molecule has 0 N–H and O–H groups in total. The number of hydrogen-bond acceptors (Lipinski definition) is 2. The fourth-order valence-corrected chi connectivity index (χ4v) is 10.6. The maximum atomic E-state index is 11.9. The standard InChI is InChI=1S/C8H9INO2S.3CH3.Sn/c1-10(13(2,11)12)8-6-4-3-5-7(8)9;;;;/h3-6H,1H2,2H3;3*1H3;. The molecular weight excluding hydrogens is 456 g/mol. The van der Waals surface area contributed by atoms with Gasteiger partial charge in [0.1, 0.15) is 0 Å². The van der Waals surface area contributed by atoms with E-state index in [1.54, 1.807) is 4.31 Å². The molecule has 1 aromatic carbocycles. The Morgan fingerprint density at radius 1 is 1.24 bits per heavy atom. The van der Waals surface area contributed by atoms with Crippen LogP contribution in [0.15, 0.2) is 24.3 Å². The first kappa shape index (κ1) is 15.6. The molecule has 1 rings (SSSR count). The summed E-state index contributed by atoms with van der Waals surface area (Å²) in [5, 5.41) is 0. The van der Waals surface area contributed by atoms with Crippen LogP contribution < -0.4 is 4.31 Å². The second-order valence-electron chi connectivity index (χ2n) is 5.28. The third-order valence-corrected chi connectivity index (χ3v) is 8.44. The van der Waals surface area contributed by atoms with Crippen LogP contribution in [0.3, 0.4) is 0 Å². The zero-order valence-corrected chi connectivity index (χ0v) is 16.4. The summed E-state index contributed by atoms with van der Waals surface area (Å²) < 4.78 is 27.1. The van der Waals surface area contributed by atoms with Crippen LogP contribution >= 0.6 is 22.6 Å². The van der Waals surface area contributed by atoms with Gasteiger partial charge in [0.05, 0.1) is 0 Å². The van der Waals surface area contributed by atoms with Gasteiger partial charge in [0.2, 0.25) is 0 Å². The van der Waals surface area contributed by atoms with Crippen molar-refractivity contribution in [2.45, 2.75) is 14.8 Å². The Kier molecular flexibility index (Phi) is 5.16. The van der Waals surface area contributed by atoms with E-state index >= 15 is 0 Å². The Hall–Kier alpha value is 0.499. The van der Waals surface area contributed by atoms with Gasteiger partial charge >= 0.3 is 123 Å². The second-order valence-corrected chi connectivity index (χ2v) is 23.9. The molecule has 6 heteroatoms. The molecule has 0 bridgehead atoms. The molecule has 0 fully saturated rings. The van der Waals surface area contributed by atoms with Crippen molar-refractivity contribution in [3.63, 3.8) is 0 Å². The van der Waals surface area contributed by atoms with Crippen LogP contribution in [0.5, 0.6) is 0 Å². The topological polar surface area (TPSA) is 37.4 Å². The summed E-state index contributed by atoms with van der Waals surface area (Å²) in [6, 6.07) is 7.62. The molecule has 0 unspecified atom stereocenters. The predicted octanol–water partition coefficient (Wildman–Crippen LogP) is 2.93. The zero-order valence-electron chi connectivity index (χ0n) is 10.6. The molecule has 96 valence electrons. The minimum atomic E-state index is -3.19. The number of anilines is 1. The van der Waals surface area contributed by atoms with Crippen LogP contribution in [-0.2, 0) is 10.0 Å². The average molecular weight is 474 g/mol. The van der Waals surface area contributed by atoms with E-state index in [-0.39, 0.29) is 0 Å². The molecule has 0 heterocycles. The van der Waals surface area contributed by atoms with E-state index in [2.05, 4.69) is 37.4 Å². The van der Waals surface area contributed by atoms with Gasteiger partial charge < -0.3 is 0 Å². The summed E-state index contributed by atoms with van der Waals surface area (Å²) in [6.07, 6.45) is 1.29. The van der Waals surface area contributed by atoms with Crippen LogP contribution in [0, 0.1) is 3.57 Å². The molecule has 17 heavy (non-hydrogen) atoms. The number of para-hydroxylation sites is 1. The monoisotopic (exact) mass is 475 g/mol.